The molecule has 0 fully saturated rings. The van der Waals surface area contributed by atoms with Crippen LogP contribution < -0.4 is 19.7 Å². The highest BCUT2D eigenvalue weighted by molar-refractivity contribution is 5.95. The van der Waals surface area contributed by atoms with Crippen LogP contribution in [0.2, 0.25) is 0 Å². The van der Waals surface area contributed by atoms with E-state index in [0.717, 1.165) is 0 Å². The van der Waals surface area contributed by atoms with Gasteiger partial charge in [0, 0.05) is 24.6 Å². The second-order valence-electron chi connectivity index (χ2n) is 7.35. The molecule has 0 bridgehead atoms. The third-order valence-corrected chi connectivity index (χ3v) is 5.22. The molecule has 0 unspecified atom stereocenters. The number of halogens is 2. The molecule has 5 rings (SSSR count). The molecule has 0 radical (unpaired) electrons. The molecule has 1 aromatic heterocycles. The maximum absolute atomic E-state index is 15.2. The van der Waals surface area contributed by atoms with Gasteiger partial charge in [0.2, 0.25) is 0 Å². The molecule has 1 amide bonds. The molecule has 1 atom stereocenters. The van der Waals surface area contributed by atoms with Crippen LogP contribution in [0.25, 0.3) is 0 Å². The molecule has 3 aromatic rings. The van der Waals surface area contributed by atoms with Gasteiger partial charge in [0.05, 0.1) is 18.8 Å². The van der Waals surface area contributed by atoms with Gasteiger partial charge < -0.3 is 19.7 Å². The third kappa shape index (κ3) is 3.62. The number of tetrazole rings is 1. The first-order valence-corrected chi connectivity index (χ1v) is 9.64. The van der Waals surface area contributed by atoms with Gasteiger partial charge in [-0.15, -0.1) is 10.2 Å². The van der Waals surface area contributed by atoms with E-state index in [-0.39, 0.29) is 37.2 Å². The van der Waals surface area contributed by atoms with E-state index in [1.165, 1.54) is 16.9 Å². The molecule has 9 nitrogen and oxygen atoms in total. The lowest BCUT2D eigenvalue weighted by Crippen LogP contribution is -2.44. The minimum Gasteiger partial charge on any atom is -0.489 e. The van der Waals surface area contributed by atoms with E-state index >= 15 is 4.39 Å². The molecule has 2 aromatic carbocycles. The van der Waals surface area contributed by atoms with Crippen molar-refractivity contribution in [2.75, 3.05) is 23.4 Å². The second kappa shape index (κ2) is 7.49. The van der Waals surface area contributed by atoms with Gasteiger partial charge in [0.15, 0.2) is 18.2 Å². The fourth-order valence-corrected chi connectivity index (χ4v) is 3.78. The summed E-state index contributed by atoms with van der Waals surface area (Å²) in [6.07, 6.45) is 0.400. The Balaban J connectivity index is 1.50. The average molecular weight is 428 g/mol. The van der Waals surface area contributed by atoms with Crippen LogP contribution in [0.4, 0.5) is 20.2 Å². The lowest BCUT2D eigenvalue weighted by atomic mass is 10.0. The first kappa shape index (κ1) is 19.2. The van der Waals surface area contributed by atoms with Crippen molar-refractivity contribution in [3.8, 4) is 11.5 Å². The van der Waals surface area contributed by atoms with Gasteiger partial charge in [-0.2, -0.15) is 4.80 Å². The maximum Gasteiger partial charge on any atom is 0.262 e. The summed E-state index contributed by atoms with van der Waals surface area (Å²) < 4.78 is 40.0. The Labute approximate surface area is 175 Å². The van der Waals surface area contributed by atoms with E-state index in [4.69, 9.17) is 9.47 Å². The van der Waals surface area contributed by atoms with E-state index in [1.54, 1.807) is 25.2 Å². The number of carbonyl (C=O) groups is 1. The van der Waals surface area contributed by atoms with E-state index in [1.807, 2.05) is 4.90 Å². The van der Waals surface area contributed by atoms with Gasteiger partial charge in [0.25, 0.3) is 5.91 Å². The molecule has 2 aliphatic heterocycles. The van der Waals surface area contributed by atoms with Gasteiger partial charge in [-0.1, -0.05) is 6.07 Å². The number of hydrogen-bond acceptors (Lipinski definition) is 7. The first-order chi connectivity index (χ1) is 15.0. The number of nitrogens with one attached hydrogen (secondary N) is 1. The van der Waals surface area contributed by atoms with Crippen LogP contribution in [0.15, 0.2) is 30.3 Å². The molecule has 1 N–H and O–H groups in total. The predicted octanol–water partition coefficient (Wildman–Crippen LogP) is 1.83. The minimum atomic E-state index is -0.572. The summed E-state index contributed by atoms with van der Waals surface area (Å²) >= 11 is 0. The number of amides is 1. The van der Waals surface area contributed by atoms with E-state index in [9.17, 15) is 9.18 Å². The van der Waals surface area contributed by atoms with Crippen molar-refractivity contribution in [1.29, 1.82) is 0 Å². The summed E-state index contributed by atoms with van der Waals surface area (Å²) in [5.74, 6) is -0.241. The Morgan fingerprint density at radius 2 is 2.06 bits per heavy atom. The maximum atomic E-state index is 15.2. The van der Waals surface area contributed by atoms with E-state index in [2.05, 4.69) is 20.7 Å². The second-order valence-corrected chi connectivity index (χ2v) is 7.35. The van der Waals surface area contributed by atoms with Crippen molar-refractivity contribution in [2.24, 2.45) is 7.05 Å². The molecule has 0 saturated heterocycles. The number of anilines is 2. The molecule has 0 saturated carbocycles. The molecule has 2 aliphatic rings. The number of aryl methyl sites for hydroxylation is 1. The number of nitrogens with zero attached hydrogens (tertiary/aromatic N) is 5. The quantitative estimate of drug-likeness (QED) is 0.678. The van der Waals surface area contributed by atoms with Crippen LogP contribution in [0, 0.1) is 11.6 Å². The molecular formula is C20H18F2N6O3. The summed E-state index contributed by atoms with van der Waals surface area (Å²) in [6.45, 7) is 0.240. The number of benzene rings is 2. The molecule has 0 aliphatic carbocycles. The van der Waals surface area contributed by atoms with Crippen molar-refractivity contribution >= 4 is 17.3 Å². The van der Waals surface area contributed by atoms with Crippen molar-refractivity contribution in [3.05, 3.63) is 53.4 Å². The Hall–Kier alpha value is -3.76. The number of fused-ring (bicyclic) bond motifs is 2. The largest absolute Gasteiger partial charge is 0.489 e. The SMILES string of the molecule is Cn1nnc(C[C@@H]2COc3cc(F)ccc3N2Cc2ccc3c(c2F)NC(=O)CO3)n1. The number of carbonyl (C=O) groups excluding carboxylic acids is 1. The number of aromatic nitrogens is 4. The summed E-state index contributed by atoms with van der Waals surface area (Å²) in [5.41, 5.74) is 0.992. The highest BCUT2D eigenvalue weighted by atomic mass is 19.1. The van der Waals surface area contributed by atoms with Crippen LogP contribution >= 0.6 is 0 Å². The lowest BCUT2D eigenvalue weighted by Gasteiger charge is -2.38. The normalized spacial score (nSPS) is 17.3. The Kier molecular flexibility index (Phi) is 4.64. The van der Waals surface area contributed by atoms with Crippen molar-refractivity contribution in [1.82, 2.24) is 20.2 Å². The number of rotatable bonds is 4. The molecule has 3 heterocycles. The van der Waals surface area contributed by atoms with E-state index in [0.29, 0.717) is 29.2 Å². The third-order valence-electron chi connectivity index (χ3n) is 5.22. The Morgan fingerprint density at radius 3 is 2.87 bits per heavy atom. The van der Waals surface area contributed by atoms with E-state index < -0.39 is 17.5 Å². The fraction of sp³-hybridized carbons (Fsp3) is 0.300. The molecule has 160 valence electrons. The topological polar surface area (TPSA) is 94.4 Å². The van der Waals surface area contributed by atoms with Crippen LogP contribution in [-0.4, -0.2) is 45.4 Å². The summed E-state index contributed by atoms with van der Waals surface area (Å²) in [7, 11) is 1.67. The van der Waals surface area contributed by atoms with Crippen LogP contribution in [0.1, 0.15) is 11.4 Å². The van der Waals surface area contributed by atoms with Crippen molar-refractivity contribution < 1.29 is 23.0 Å². The monoisotopic (exact) mass is 428 g/mol. The smallest absolute Gasteiger partial charge is 0.262 e. The fourth-order valence-electron chi connectivity index (χ4n) is 3.78. The number of ether oxygens (including phenoxy) is 2. The summed E-state index contributed by atoms with van der Waals surface area (Å²) in [4.78, 5) is 14.9. The first-order valence-electron chi connectivity index (χ1n) is 9.64. The van der Waals surface area contributed by atoms with Gasteiger partial charge in [0.1, 0.15) is 29.6 Å². The summed E-state index contributed by atoms with van der Waals surface area (Å²) in [5, 5.41) is 14.6. The number of hydrogen-bond donors (Lipinski definition) is 1. The summed E-state index contributed by atoms with van der Waals surface area (Å²) in [6, 6.07) is 7.22. The zero-order chi connectivity index (χ0) is 21.5. The standard InChI is InChI=1S/C20H18F2N6O3/c1-27-25-17(24-26-27)7-13-9-30-16-6-12(21)3-4-14(16)28(13)8-11-2-5-15-20(19(11)22)23-18(29)10-31-15/h2-6,13H,7-10H2,1H3,(H,23,29)/t13-/m1/s1. The molecular weight excluding hydrogens is 410 g/mol. The lowest BCUT2D eigenvalue weighted by molar-refractivity contribution is -0.118. The average Bonchev–Trinajstić information content (AvgIpc) is 3.16. The van der Waals surface area contributed by atoms with Gasteiger partial charge in [-0.05, 0) is 23.4 Å². The Morgan fingerprint density at radius 1 is 1.19 bits per heavy atom. The molecule has 0 spiro atoms. The van der Waals surface area contributed by atoms with Crippen LogP contribution in [-0.2, 0) is 24.8 Å². The van der Waals surface area contributed by atoms with Crippen molar-refractivity contribution in [2.45, 2.75) is 19.0 Å². The van der Waals surface area contributed by atoms with Gasteiger partial charge in [-0.3, -0.25) is 4.79 Å². The highest BCUT2D eigenvalue weighted by Crippen LogP contribution is 2.38. The van der Waals surface area contributed by atoms with Gasteiger partial charge >= 0.3 is 0 Å². The van der Waals surface area contributed by atoms with Crippen LogP contribution in [0.3, 0.4) is 0 Å². The van der Waals surface area contributed by atoms with Crippen molar-refractivity contribution in [3.63, 3.8) is 0 Å². The van der Waals surface area contributed by atoms with Crippen LogP contribution in [0.5, 0.6) is 11.5 Å². The predicted molar refractivity (Wildman–Crippen MR) is 105 cm³/mol. The minimum absolute atomic E-state index is 0.0217. The molecule has 11 heteroatoms. The Bertz CT molecular complexity index is 1170. The van der Waals surface area contributed by atoms with Gasteiger partial charge in [-0.25, -0.2) is 8.78 Å². The molecule has 31 heavy (non-hydrogen) atoms. The highest BCUT2D eigenvalue weighted by Gasteiger charge is 2.31. The zero-order valence-electron chi connectivity index (χ0n) is 16.5. The zero-order valence-corrected chi connectivity index (χ0v) is 16.5.